The van der Waals surface area contributed by atoms with Gasteiger partial charge in [-0.25, -0.2) is 0 Å². The summed E-state index contributed by atoms with van der Waals surface area (Å²) in [5.74, 6) is -0.128. The molecule has 3 nitrogen and oxygen atoms in total. The third-order valence-electron chi connectivity index (χ3n) is 3.71. The van der Waals surface area contributed by atoms with Crippen LogP contribution in [0.1, 0.15) is 31.2 Å². The second-order valence-corrected chi connectivity index (χ2v) is 4.74. The van der Waals surface area contributed by atoms with Crippen molar-refractivity contribution in [1.29, 1.82) is 0 Å². The molecule has 0 aromatic heterocycles. The Hall–Kier alpha value is -1.35. The molecule has 0 amide bonds. The number of hydrogen-bond acceptors (Lipinski definition) is 2. The number of likely N-dealkylation sites (tertiary alicyclic amines) is 1. The van der Waals surface area contributed by atoms with Crippen LogP contribution in [0.4, 0.5) is 0 Å². The van der Waals surface area contributed by atoms with Crippen LogP contribution in [0.3, 0.4) is 0 Å². The van der Waals surface area contributed by atoms with Crippen LogP contribution in [0.2, 0.25) is 0 Å². The highest BCUT2D eigenvalue weighted by molar-refractivity contribution is 5.72. The zero-order valence-corrected chi connectivity index (χ0v) is 10.2. The van der Waals surface area contributed by atoms with E-state index in [4.69, 9.17) is 5.11 Å². The highest BCUT2D eigenvalue weighted by Gasteiger charge is 2.26. The molecule has 1 unspecified atom stereocenters. The van der Waals surface area contributed by atoms with Crippen molar-refractivity contribution in [3.8, 4) is 0 Å². The lowest BCUT2D eigenvalue weighted by Crippen LogP contribution is -2.43. The van der Waals surface area contributed by atoms with Gasteiger partial charge in [0.15, 0.2) is 0 Å². The predicted molar refractivity (Wildman–Crippen MR) is 67.1 cm³/mol. The molecular formula is C14H19NO2. The minimum atomic E-state index is -0.719. The Labute approximate surface area is 102 Å². The van der Waals surface area contributed by atoms with Gasteiger partial charge in [0.05, 0.1) is 0 Å². The summed E-state index contributed by atoms with van der Waals surface area (Å²) in [6.07, 6.45) is 2.11. The smallest absolute Gasteiger partial charge is 0.320 e. The van der Waals surface area contributed by atoms with Gasteiger partial charge in [0.25, 0.3) is 0 Å². The second-order valence-electron chi connectivity index (χ2n) is 4.74. The summed E-state index contributed by atoms with van der Waals surface area (Å²) in [7, 11) is 0. The number of hydrogen-bond donors (Lipinski definition) is 1. The average molecular weight is 233 g/mol. The predicted octanol–water partition coefficient (Wildman–Crippen LogP) is 2.34. The minimum Gasteiger partial charge on any atom is -0.480 e. The fourth-order valence-corrected chi connectivity index (χ4v) is 2.50. The number of carboxylic acid groups (broad SMARTS) is 1. The fraction of sp³-hybridized carbons (Fsp3) is 0.500. The van der Waals surface area contributed by atoms with E-state index in [9.17, 15) is 4.79 Å². The van der Waals surface area contributed by atoms with Gasteiger partial charge in [-0.3, -0.25) is 9.69 Å². The Balaban J connectivity index is 1.93. The van der Waals surface area contributed by atoms with Gasteiger partial charge in [0.2, 0.25) is 0 Å². The van der Waals surface area contributed by atoms with Crippen LogP contribution in [-0.2, 0) is 4.79 Å². The largest absolute Gasteiger partial charge is 0.480 e. The Morgan fingerprint density at radius 3 is 2.41 bits per heavy atom. The third-order valence-corrected chi connectivity index (χ3v) is 3.71. The molecular weight excluding hydrogens is 214 g/mol. The number of carbonyl (C=O) groups is 1. The van der Waals surface area contributed by atoms with Gasteiger partial charge < -0.3 is 5.11 Å². The number of carboxylic acids is 1. The summed E-state index contributed by atoms with van der Waals surface area (Å²) in [6.45, 7) is 3.53. The monoisotopic (exact) mass is 233 g/mol. The second kappa shape index (κ2) is 5.32. The van der Waals surface area contributed by atoms with E-state index in [2.05, 4.69) is 29.2 Å². The molecule has 0 bridgehead atoms. The van der Waals surface area contributed by atoms with Crippen molar-refractivity contribution in [1.82, 2.24) is 4.90 Å². The summed E-state index contributed by atoms with van der Waals surface area (Å²) in [5.41, 5.74) is 1.38. The number of aliphatic carboxylic acids is 1. The molecule has 1 aliphatic rings. The quantitative estimate of drug-likeness (QED) is 0.871. The van der Waals surface area contributed by atoms with Crippen LogP contribution in [0.25, 0.3) is 0 Å². The van der Waals surface area contributed by atoms with Gasteiger partial charge in [-0.2, -0.15) is 0 Å². The fourth-order valence-electron chi connectivity index (χ4n) is 2.50. The van der Waals surface area contributed by atoms with E-state index in [0.717, 1.165) is 25.9 Å². The first kappa shape index (κ1) is 12.1. The molecule has 0 radical (unpaired) electrons. The Bertz CT molecular complexity index is 369. The topological polar surface area (TPSA) is 40.5 Å². The number of rotatable bonds is 3. The minimum absolute atomic E-state index is 0.355. The lowest BCUT2D eigenvalue weighted by atomic mass is 9.89. The first-order valence-electron chi connectivity index (χ1n) is 6.20. The Kier molecular flexibility index (Phi) is 3.79. The van der Waals surface area contributed by atoms with Gasteiger partial charge in [0, 0.05) is 0 Å². The van der Waals surface area contributed by atoms with E-state index in [1.165, 1.54) is 5.56 Å². The molecule has 1 N–H and O–H groups in total. The van der Waals surface area contributed by atoms with Crippen molar-refractivity contribution in [3.63, 3.8) is 0 Å². The molecule has 1 saturated heterocycles. The lowest BCUT2D eigenvalue weighted by molar-refractivity contribution is -0.143. The molecule has 1 aromatic carbocycles. The highest BCUT2D eigenvalue weighted by atomic mass is 16.4. The van der Waals surface area contributed by atoms with Gasteiger partial charge in [-0.1, -0.05) is 30.3 Å². The van der Waals surface area contributed by atoms with Crippen molar-refractivity contribution in [2.45, 2.75) is 31.7 Å². The normalized spacial score (nSPS) is 20.1. The maximum atomic E-state index is 10.9. The number of nitrogens with zero attached hydrogens (tertiary/aromatic N) is 1. The number of piperidine rings is 1. The van der Waals surface area contributed by atoms with Gasteiger partial charge in [-0.15, -0.1) is 0 Å². The number of benzene rings is 1. The van der Waals surface area contributed by atoms with E-state index in [1.807, 2.05) is 6.07 Å². The van der Waals surface area contributed by atoms with E-state index in [1.54, 1.807) is 6.92 Å². The molecule has 3 heteroatoms. The zero-order chi connectivity index (χ0) is 12.3. The Morgan fingerprint density at radius 1 is 1.29 bits per heavy atom. The van der Waals surface area contributed by atoms with E-state index in [0.29, 0.717) is 5.92 Å². The van der Waals surface area contributed by atoms with Crippen LogP contribution >= 0.6 is 0 Å². The Morgan fingerprint density at radius 2 is 1.88 bits per heavy atom. The summed E-state index contributed by atoms with van der Waals surface area (Å²) in [4.78, 5) is 13.0. The molecule has 1 aliphatic heterocycles. The zero-order valence-electron chi connectivity index (χ0n) is 10.2. The third kappa shape index (κ3) is 2.86. The van der Waals surface area contributed by atoms with Crippen molar-refractivity contribution in [2.24, 2.45) is 0 Å². The standard InChI is InChI=1S/C14H19NO2/c1-11(14(16)17)15-9-7-13(8-10-15)12-5-3-2-4-6-12/h2-6,11,13H,7-10H2,1H3,(H,16,17). The highest BCUT2D eigenvalue weighted by Crippen LogP contribution is 2.28. The first-order valence-corrected chi connectivity index (χ1v) is 6.20. The van der Waals surface area contributed by atoms with Crippen LogP contribution < -0.4 is 0 Å². The van der Waals surface area contributed by atoms with Gasteiger partial charge in [-0.05, 0) is 44.3 Å². The van der Waals surface area contributed by atoms with E-state index in [-0.39, 0.29) is 6.04 Å². The molecule has 0 aliphatic carbocycles. The van der Waals surface area contributed by atoms with Crippen LogP contribution in [0, 0.1) is 0 Å². The maximum absolute atomic E-state index is 10.9. The molecule has 0 saturated carbocycles. The van der Waals surface area contributed by atoms with Crippen LogP contribution in [0.5, 0.6) is 0 Å². The first-order chi connectivity index (χ1) is 8.18. The SMILES string of the molecule is CC(C(=O)O)N1CCC(c2ccccc2)CC1. The van der Waals surface area contributed by atoms with Crippen molar-refractivity contribution in [2.75, 3.05) is 13.1 Å². The average Bonchev–Trinajstić information content (AvgIpc) is 2.39. The molecule has 17 heavy (non-hydrogen) atoms. The summed E-state index contributed by atoms with van der Waals surface area (Å²) in [5, 5.41) is 8.98. The molecule has 1 fully saturated rings. The molecule has 1 heterocycles. The van der Waals surface area contributed by atoms with E-state index >= 15 is 0 Å². The molecule has 1 aromatic rings. The lowest BCUT2D eigenvalue weighted by Gasteiger charge is -2.34. The van der Waals surface area contributed by atoms with Crippen LogP contribution in [-0.4, -0.2) is 35.1 Å². The molecule has 1 atom stereocenters. The van der Waals surface area contributed by atoms with Crippen molar-refractivity contribution >= 4 is 5.97 Å². The molecule has 2 rings (SSSR count). The molecule has 0 spiro atoms. The van der Waals surface area contributed by atoms with Crippen molar-refractivity contribution in [3.05, 3.63) is 35.9 Å². The van der Waals surface area contributed by atoms with E-state index < -0.39 is 5.97 Å². The van der Waals surface area contributed by atoms with Crippen LogP contribution in [0.15, 0.2) is 30.3 Å². The summed E-state index contributed by atoms with van der Waals surface area (Å²) in [6, 6.07) is 10.2. The van der Waals surface area contributed by atoms with Crippen molar-refractivity contribution < 1.29 is 9.90 Å². The van der Waals surface area contributed by atoms with Gasteiger partial charge >= 0.3 is 5.97 Å². The maximum Gasteiger partial charge on any atom is 0.320 e. The van der Waals surface area contributed by atoms with Gasteiger partial charge in [0.1, 0.15) is 6.04 Å². The summed E-state index contributed by atoms with van der Waals surface area (Å²) >= 11 is 0. The molecule has 92 valence electrons. The summed E-state index contributed by atoms with van der Waals surface area (Å²) < 4.78 is 0.